The molecule has 0 bridgehead atoms. The van der Waals surface area contributed by atoms with Crippen LogP contribution in [0.1, 0.15) is 44.1 Å². The minimum absolute atomic E-state index is 0.0408. The predicted molar refractivity (Wildman–Crippen MR) is 74.0 cm³/mol. The molecular formula is C16H20F3NO. The number of alkyl halides is 3. The number of ether oxygens (including phenoxy) is 1. The van der Waals surface area contributed by atoms with Crippen molar-refractivity contribution in [3.05, 3.63) is 29.8 Å². The summed E-state index contributed by atoms with van der Waals surface area (Å²) in [7, 11) is 0. The van der Waals surface area contributed by atoms with E-state index in [1.807, 2.05) is 6.07 Å². The molecule has 2 unspecified atom stereocenters. The highest BCUT2D eigenvalue weighted by atomic mass is 19.4. The lowest BCUT2D eigenvalue weighted by Gasteiger charge is -2.49. The van der Waals surface area contributed by atoms with Crippen molar-refractivity contribution >= 4 is 0 Å². The Morgan fingerprint density at radius 2 is 1.90 bits per heavy atom. The molecule has 116 valence electrons. The van der Waals surface area contributed by atoms with Crippen LogP contribution in [0.15, 0.2) is 24.3 Å². The Hall–Kier alpha value is -1.23. The Kier molecular flexibility index (Phi) is 3.64. The van der Waals surface area contributed by atoms with Gasteiger partial charge >= 0.3 is 6.36 Å². The average Bonchev–Trinajstić information content (AvgIpc) is 2.73. The first-order valence-electron chi connectivity index (χ1n) is 7.53. The first-order valence-corrected chi connectivity index (χ1v) is 7.53. The van der Waals surface area contributed by atoms with E-state index in [4.69, 9.17) is 5.73 Å². The van der Waals surface area contributed by atoms with Gasteiger partial charge in [-0.15, -0.1) is 13.2 Å². The largest absolute Gasteiger partial charge is 0.573 e. The van der Waals surface area contributed by atoms with Crippen LogP contribution in [0.5, 0.6) is 5.75 Å². The molecule has 2 atom stereocenters. The van der Waals surface area contributed by atoms with Crippen molar-refractivity contribution in [3.8, 4) is 5.75 Å². The highest BCUT2D eigenvalue weighted by Crippen LogP contribution is 2.54. The van der Waals surface area contributed by atoms with Crippen LogP contribution in [-0.2, 0) is 5.41 Å². The zero-order chi connectivity index (χ0) is 15.1. The van der Waals surface area contributed by atoms with E-state index in [0.717, 1.165) is 44.1 Å². The molecule has 0 heterocycles. The van der Waals surface area contributed by atoms with E-state index in [9.17, 15) is 13.2 Å². The molecule has 2 N–H and O–H groups in total. The topological polar surface area (TPSA) is 35.2 Å². The van der Waals surface area contributed by atoms with Gasteiger partial charge in [-0.05, 0) is 54.7 Å². The van der Waals surface area contributed by atoms with Crippen LogP contribution in [0.2, 0.25) is 0 Å². The van der Waals surface area contributed by atoms with E-state index in [2.05, 4.69) is 4.74 Å². The first kappa shape index (κ1) is 14.7. The summed E-state index contributed by atoms with van der Waals surface area (Å²) in [5, 5.41) is 0. The molecule has 3 rings (SSSR count). The molecule has 2 aliphatic carbocycles. The number of hydrogen-bond donors (Lipinski definition) is 1. The third-order valence-corrected chi connectivity index (χ3v) is 5.17. The average molecular weight is 299 g/mol. The Labute approximate surface area is 122 Å². The summed E-state index contributed by atoms with van der Waals surface area (Å²) in [6.07, 6.45) is 1.72. The highest BCUT2D eigenvalue weighted by Gasteiger charge is 2.49. The minimum Gasteiger partial charge on any atom is -0.406 e. The third kappa shape index (κ3) is 2.76. The molecule has 0 amide bonds. The normalized spacial score (nSPS) is 28.2. The lowest BCUT2D eigenvalue weighted by atomic mass is 9.56. The quantitative estimate of drug-likeness (QED) is 0.910. The van der Waals surface area contributed by atoms with Crippen molar-refractivity contribution in [2.45, 2.75) is 56.3 Å². The third-order valence-electron chi connectivity index (χ3n) is 5.17. The summed E-state index contributed by atoms with van der Waals surface area (Å²) in [6, 6.07) is 6.65. The van der Waals surface area contributed by atoms with Gasteiger partial charge in [0.2, 0.25) is 0 Å². The molecule has 0 spiro atoms. The lowest BCUT2D eigenvalue weighted by molar-refractivity contribution is -0.274. The summed E-state index contributed by atoms with van der Waals surface area (Å²) in [5.74, 6) is 0.255. The maximum atomic E-state index is 12.4. The molecule has 5 heteroatoms. The maximum absolute atomic E-state index is 12.4. The molecular weight excluding hydrogens is 279 g/mol. The van der Waals surface area contributed by atoms with Crippen molar-refractivity contribution in [1.82, 2.24) is 0 Å². The van der Waals surface area contributed by atoms with Gasteiger partial charge in [0.05, 0.1) is 0 Å². The van der Waals surface area contributed by atoms with Crippen molar-refractivity contribution in [1.29, 1.82) is 0 Å². The second-order valence-electron chi connectivity index (χ2n) is 6.29. The second-order valence-corrected chi connectivity index (χ2v) is 6.29. The van der Waals surface area contributed by atoms with Gasteiger partial charge in [-0.25, -0.2) is 0 Å². The van der Waals surface area contributed by atoms with E-state index in [1.165, 1.54) is 6.07 Å². The van der Waals surface area contributed by atoms with Gasteiger partial charge in [-0.1, -0.05) is 25.0 Å². The minimum atomic E-state index is -4.64. The van der Waals surface area contributed by atoms with Crippen LogP contribution in [0.4, 0.5) is 13.2 Å². The van der Waals surface area contributed by atoms with Gasteiger partial charge in [-0.2, -0.15) is 0 Å². The predicted octanol–water partition coefficient (Wildman–Crippen LogP) is 4.13. The van der Waals surface area contributed by atoms with Gasteiger partial charge in [0.1, 0.15) is 5.75 Å². The van der Waals surface area contributed by atoms with E-state index in [1.54, 1.807) is 12.1 Å². The standard InChI is InChI=1S/C16H20F3NO/c17-16(18,19)21-12-5-1-4-11(10-12)15(8-3-9-15)13-6-2-7-14(13)20/h1,4-5,10,13-14H,2-3,6-9,20H2. The van der Waals surface area contributed by atoms with E-state index < -0.39 is 6.36 Å². The molecule has 2 nitrogen and oxygen atoms in total. The second kappa shape index (κ2) is 5.20. The fourth-order valence-electron chi connectivity index (χ4n) is 4.11. The molecule has 2 aliphatic rings. The van der Waals surface area contributed by atoms with Crippen LogP contribution in [0.3, 0.4) is 0 Å². The molecule has 0 saturated heterocycles. The van der Waals surface area contributed by atoms with E-state index in [0.29, 0.717) is 5.92 Å². The Balaban J connectivity index is 1.89. The molecule has 1 aromatic carbocycles. The number of rotatable bonds is 3. The molecule has 0 radical (unpaired) electrons. The van der Waals surface area contributed by atoms with Gasteiger partial charge in [0.15, 0.2) is 0 Å². The number of benzene rings is 1. The van der Waals surface area contributed by atoms with E-state index >= 15 is 0 Å². The first-order chi connectivity index (χ1) is 9.91. The molecule has 1 aromatic rings. The Morgan fingerprint density at radius 1 is 1.14 bits per heavy atom. The molecule has 0 aliphatic heterocycles. The zero-order valence-electron chi connectivity index (χ0n) is 11.8. The summed E-state index contributed by atoms with van der Waals surface area (Å²) in [6.45, 7) is 0. The summed E-state index contributed by atoms with van der Waals surface area (Å²) < 4.78 is 41.2. The zero-order valence-corrected chi connectivity index (χ0v) is 11.8. The summed E-state index contributed by atoms with van der Waals surface area (Å²) in [5.41, 5.74) is 7.16. The Morgan fingerprint density at radius 3 is 2.43 bits per heavy atom. The fraction of sp³-hybridized carbons (Fsp3) is 0.625. The number of halogens is 3. The molecule has 21 heavy (non-hydrogen) atoms. The van der Waals surface area contributed by atoms with Gasteiger partial charge in [-0.3, -0.25) is 0 Å². The molecule has 2 saturated carbocycles. The van der Waals surface area contributed by atoms with Crippen molar-refractivity contribution in [3.63, 3.8) is 0 Å². The number of hydrogen-bond acceptors (Lipinski definition) is 2. The fourth-order valence-corrected chi connectivity index (χ4v) is 4.11. The summed E-state index contributed by atoms with van der Waals surface area (Å²) in [4.78, 5) is 0. The molecule has 2 fully saturated rings. The maximum Gasteiger partial charge on any atom is 0.573 e. The van der Waals surface area contributed by atoms with Gasteiger partial charge in [0.25, 0.3) is 0 Å². The van der Waals surface area contributed by atoms with Gasteiger partial charge in [0, 0.05) is 6.04 Å². The van der Waals surface area contributed by atoms with Crippen LogP contribution in [-0.4, -0.2) is 12.4 Å². The van der Waals surface area contributed by atoms with Crippen LogP contribution >= 0.6 is 0 Å². The van der Waals surface area contributed by atoms with E-state index in [-0.39, 0.29) is 17.2 Å². The Bertz CT molecular complexity index is 510. The van der Waals surface area contributed by atoms with Crippen molar-refractivity contribution in [2.24, 2.45) is 11.7 Å². The number of nitrogens with two attached hydrogens (primary N) is 1. The smallest absolute Gasteiger partial charge is 0.406 e. The van der Waals surface area contributed by atoms with Crippen LogP contribution in [0.25, 0.3) is 0 Å². The SMILES string of the molecule is NC1CCCC1C1(c2cccc(OC(F)(F)F)c2)CCC1. The lowest BCUT2D eigenvalue weighted by Crippen LogP contribution is -2.47. The van der Waals surface area contributed by atoms with Crippen LogP contribution in [0, 0.1) is 5.92 Å². The van der Waals surface area contributed by atoms with Crippen molar-refractivity contribution < 1.29 is 17.9 Å². The molecule has 0 aromatic heterocycles. The summed E-state index contributed by atoms with van der Waals surface area (Å²) >= 11 is 0. The van der Waals surface area contributed by atoms with Crippen LogP contribution < -0.4 is 10.5 Å². The highest BCUT2D eigenvalue weighted by molar-refractivity contribution is 5.37. The van der Waals surface area contributed by atoms with Crippen molar-refractivity contribution in [2.75, 3.05) is 0 Å². The monoisotopic (exact) mass is 299 g/mol. The van der Waals surface area contributed by atoms with Gasteiger partial charge < -0.3 is 10.5 Å².